The smallest absolute Gasteiger partial charge is 0.243 e. The third-order valence-electron chi connectivity index (χ3n) is 3.14. The van der Waals surface area contributed by atoms with E-state index in [-0.39, 0.29) is 6.10 Å². The highest BCUT2D eigenvalue weighted by Gasteiger charge is 2.32. The van der Waals surface area contributed by atoms with Gasteiger partial charge in [0.2, 0.25) is 10.0 Å². The van der Waals surface area contributed by atoms with E-state index in [9.17, 15) is 8.42 Å². The first-order valence-corrected chi connectivity index (χ1v) is 8.41. The van der Waals surface area contributed by atoms with Crippen molar-refractivity contribution in [2.24, 2.45) is 0 Å². The fraction of sp³-hybridized carbons (Fsp3) is 0.500. The number of hydrogen-bond donors (Lipinski definition) is 0. The second-order valence-corrected chi connectivity index (χ2v) is 7.00. The zero-order valence-corrected chi connectivity index (χ0v) is 12.1. The van der Waals surface area contributed by atoms with E-state index in [1.54, 1.807) is 31.0 Å². The van der Waals surface area contributed by atoms with E-state index in [0.717, 1.165) is 11.3 Å². The Morgan fingerprint density at radius 2 is 2.00 bits per heavy atom. The summed E-state index contributed by atoms with van der Waals surface area (Å²) < 4.78 is 31.4. The lowest BCUT2D eigenvalue weighted by molar-refractivity contribution is 0.115. The molecule has 0 aliphatic carbocycles. The number of hydrogen-bond acceptors (Lipinski definition) is 4. The van der Waals surface area contributed by atoms with Gasteiger partial charge in [-0.3, -0.25) is 0 Å². The van der Waals surface area contributed by atoms with Gasteiger partial charge >= 0.3 is 0 Å². The average molecular weight is 287 g/mol. The molecule has 1 heterocycles. The fourth-order valence-electron chi connectivity index (χ4n) is 2.01. The summed E-state index contributed by atoms with van der Waals surface area (Å²) >= 11 is 1.60. The van der Waals surface area contributed by atoms with Crippen LogP contribution in [0.3, 0.4) is 0 Å². The molecule has 4 nitrogen and oxygen atoms in total. The molecular formula is C12H17NO3S2. The molecule has 0 radical (unpaired) electrons. The van der Waals surface area contributed by atoms with E-state index in [1.165, 1.54) is 4.31 Å². The fourth-order valence-corrected chi connectivity index (χ4v) is 3.90. The Labute approximate surface area is 112 Å². The highest BCUT2D eigenvalue weighted by molar-refractivity contribution is 7.98. The van der Waals surface area contributed by atoms with Crippen LogP contribution >= 0.6 is 11.8 Å². The molecule has 1 aliphatic rings. The van der Waals surface area contributed by atoms with E-state index in [2.05, 4.69) is 0 Å². The van der Waals surface area contributed by atoms with Crippen molar-refractivity contribution in [3.8, 4) is 0 Å². The number of rotatable bonds is 4. The number of benzene rings is 1. The third kappa shape index (κ3) is 2.71. The number of nitrogens with zero attached hydrogens (tertiary/aromatic N) is 1. The SMILES string of the molecule is COC1CCN(S(=O)(=O)c2ccc(SC)cc2)C1. The van der Waals surface area contributed by atoms with Crippen molar-refractivity contribution >= 4 is 21.8 Å². The highest BCUT2D eigenvalue weighted by atomic mass is 32.2. The van der Waals surface area contributed by atoms with Gasteiger partial charge in [0, 0.05) is 25.1 Å². The van der Waals surface area contributed by atoms with Crippen LogP contribution in [0.2, 0.25) is 0 Å². The standard InChI is InChI=1S/C12H17NO3S2/c1-16-10-7-8-13(9-10)18(14,15)12-5-3-11(17-2)4-6-12/h3-6,10H,7-9H2,1-2H3. The minimum absolute atomic E-state index is 0.0187. The quantitative estimate of drug-likeness (QED) is 0.793. The summed E-state index contributed by atoms with van der Waals surface area (Å²) in [5, 5.41) is 0. The van der Waals surface area contributed by atoms with Crippen LogP contribution in [0, 0.1) is 0 Å². The molecule has 2 rings (SSSR count). The van der Waals surface area contributed by atoms with Crippen LogP contribution in [-0.4, -0.2) is 45.3 Å². The molecule has 1 fully saturated rings. The van der Waals surface area contributed by atoms with Gasteiger partial charge in [0.05, 0.1) is 11.0 Å². The number of thioether (sulfide) groups is 1. The van der Waals surface area contributed by atoms with E-state index in [4.69, 9.17) is 4.74 Å². The highest BCUT2D eigenvalue weighted by Crippen LogP contribution is 2.24. The van der Waals surface area contributed by atoms with Crippen LogP contribution in [0.15, 0.2) is 34.1 Å². The normalized spacial score (nSPS) is 21.3. The number of methoxy groups -OCH3 is 1. The Morgan fingerprint density at radius 1 is 1.33 bits per heavy atom. The van der Waals surface area contributed by atoms with Crippen LogP contribution in [0.25, 0.3) is 0 Å². The van der Waals surface area contributed by atoms with E-state index in [0.29, 0.717) is 18.0 Å². The van der Waals surface area contributed by atoms with Gasteiger partial charge in [0.15, 0.2) is 0 Å². The molecule has 1 unspecified atom stereocenters. The van der Waals surface area contributed by atoms with Gasteiger partial charge in [-0.25, -0.2) is 8.42 Å². The molecule has 100 valence electrons. The topological polar surface area (TPSA) is 46.6 Å². The molecule has 0 spiro atoms. The lowest BCUT2D eigenvalue weighted by atomic mass is 10.3. The second-order valence-electron chi connectivity index (χ2n) is 4.18. The van der Waals surface area contributed by atoms with Crippen molar-refractivity contribution in [3.05, 3.63) is 24.3 Å². The Kier molecular flexibility index (Phi) is 4.32. The van der Waals surface area contributed by atoms with Crippen molar-refractivity contribution in [2.45, 2.75) is 22.3 Å². The van der Waals surface area contributed by atoms with Crippen LogP contribution in [0.4, 0.5) is 0 Å². The van der Waals surface area contributed by atoms with Crippen molar-refractivity contribution in [1.82, 2.24) is 4.31 Å². The summed E-state index contributed by atoms with van der Waals surface area (Å²) in [4.78, 5) is 1.42. The predicted octanol–water partition coefficient (Wildman–Crippen LogP) is 1.82. The maximum absolute atomic E-state index is 12.4. The van der Waals surface area contributed by atoms with Crippen LogP contribution in [0.5, 0.6) is 0 Å². The van der Waals surface area contributed by atoms with E-state index in [1.807, 2.05) is 18.4 Å². The van der Waals surface area contributed by atoms with E-state index < -0.39 is 10.0 Å². The Balaban J connectivity index is 2.20. The van der Waals surface area contributed by atoms with Crippen LogP contribution < -0.4 is 0 Å². The second kappa shape index (κ2) is 5.61. The van der Waals surface area contributed by atoms with Crippen molar-refractivity contribution in [3.63, 3.8) is 0 Å². The summed E-state index contributed by atoms with van der Waals surface area (Å²) in [6, 6.07) is 7.01. The van der Waals surface area contributed by atoms with Gasteiger partial charge in [-0.15, -0.1) is 11.8 Å². The van der Waals surface area contributed by atoms with Crippen molar-refractivity contribution < 1.29 is 13.2 Å². The molecule has 0 saturated carbocycles. The maximum Gasteiger partial charge on any atom is 0.243 e. The lowest BCUT2D eigenvalue weighted by Crippen LogP contribution is -2.30. The summed E-state index contributed by atoms with van der Waals surface area (Å²) in [5.74, 6) is 0. The molecule has 18 heavy (non-hydrogen) atoms. The molecule has 1 aromatic carbocycles. The summed E-state index contributed by atoms with van der Waals surface area (Å²) in [5.41, 5.74) is 0. The van der Waals surface area contributed by atoms with Gasteiger partial charge < -0.3 is 4.74 Å². The zero-order chi connectivity index (χ0) is 13.2. The molecule has 0 aromatic heterocycles. The monoisotopic (exact) mass is 287 g/mol. The Bertz CT molecular complexity index is 499. The van der Waals surface area contributed by atoms with Gasteiger partial charge in [-0.1, -0.05) is 0 Å². The summed E-state index contributed by atoms with van der Waals surface area (Å²) in [7, 11) is -1.74. The molecule has 0 amide bonds. The first kappa shape index (κ1) is 13.9. The molecule has 1 aliphatic heterocycles. The summed E-state index contributed by atoms with van der Waals surface area (Å²) in [6.07, 6.45) is 2.75. The number of ether oxygens (including phenoxy) is 1. The molecule has 1 saturated heterocycles. The zero-order valence-electron chi connectivity index (χ0n) is 10.5. The van der Waals surface area contributed by atoms with Crippen LogP contribution in [0.1, 0.15) is 6.42 Å². The van der Waals surface area contributed by atoms with Crippen LogP contribution in [-0.2, 0) is 14.8 Å². The first-order chi connectivity index (χ1) is 8.57. The van der Waals surface area contributed by atoms with Gasteiger partial charge in [-0.2, -0.15) is 4.31 Å². The average Bonchev–Trinajstić information content (AvgIpc) is 2.88. The molecule has 0 N–H and O–H groups in total. The molecule has 1 atom stereocenters. The first-order valence-electron chi connectivity index (χ1n) is 5.75. The largest absolute Gasteiger partial charge is 0.380 e. The van der Waals surface area contributed by atoms with Crippen molar-refractivity contribution in [1.29, 1.82) is 0 Å². The summed E-state index contributed by atoms with van der Waals surface area (Å²) in [6.45, 7) is 0.980. The number of sulfonamides is 1. The minimum atomic E-state index is -3.36. The van der Waals surface area contributed by atoms with Gasteiger partial charge in [-0.05, 0) is 36.9 Å². The van der Waals surface area contributed by atoms with E-state index >= 15 is 0 Å². The third-order valence-corrected chi connectivity index (χ3v) is 5.76. The van der Waals surface area contributed by atoms with Crippen molar-refractivity contribution in [2.75, 3.05) is 26.5 Å². The Hall–Kier alpha value is -0.560. The molecule has 0 bridgehead atoms. The predicted molar refractivity (Wildman–Crippen MR) is 72.4 cm³/mol. The van der Waals surface area contributed by atoms with Gasteiger partial charge in [0.25, 0.3) is 0 Å². The molecular weight excluding hydrogens is 270 g/mol. The minimum Gasteiger partial charge on any atom is -0.380 e. The van der Waals surface area contributed by atoms with Gasteiger partial charge in [0.1, 0.15) is 0 Å². The lowest BCUT2D eigenvalue weighted by Gasteiger charge is -2.16. The molecule has 1 aromatic rings. The molecule has 6 heteroatoms. The Morgan fingerprint density at radius 3 is 2.50 bits per heavy atom. The maximum atomic E-state index is 12.4.